The molecule has 4 rings (SSSR count). The van der Waals surface area contributed by atoms with Gasteiger partial charge in [0.25, 0.3) is 0 Å². The molecule has 116 valence electrons. The molecular weight excluding hydrogens is 291 g/mol. The number of hydrogen-bond acceptors (Lipinski definition) is 2. The third-order valence-corrected chi connectivity index (χ3v) is 4.68. The number of benzene rings is 2. The van der Waals surface area contributed by atoms with Gasteiger partial charge in [-0.25, -0.2) is 4.98 Å². The lowest BCUT2D eigenvalue weighted by Crippen LogP contribution is -2.12. The minimum atomic E-state index is -0.595. The van der Waals surface area contributed by atoms with E-state index in [0.717, 1.165) is 22.4 Å². The number of aromatic nitrogens is 2. The number of halogens is 1. The standard InChI is InChI=1S/C19H17FN2O/c1-13-6-2-3-7-14(13)19(23-20)10-17-15-8-4-5-9-16(15)18-11-21-12-22(17)18/h2-9,11-12,17,19H,10H2,1H3. The van der Waals surface area contributed by atoms with Gasteiger partial charge in [-0.05, 0) is 28.1 Å². The van der Waals surface area contributed by atoms with Crippen molar-refractivity contribution in [2.45, 2.75) is 25.5 Å². The van der Waals surface area contributed by atoms with E-state index in [1.165, 1.54) is 5.56 Å². The van der Waals surface area contributed by atoms with E-state index in [2.05, 4.69) is 26.6 Å². The average Bonchev–Trinajstić information content (AvgIpc) is 3.16. The number of rotatable bonds is 4. The van der Waals surface area contributed by atoms with Crippen molar-refractivity contribution < 1.29 is 9.47 Å². The van der Waals surface area contributed by atoms with Gasteiger partial charge < -0.3 is 4.57 Å². The van der Waals surface area contributed by atoms with E-state index in [1.54, 1.807) is 0 Å². The van der Waals surface area contributed by atoms with Gasteiger partial charge in [0, 0.05) is 12.0 Å². The van der Waals surface area contributed by atoms with E-state index in [4.69, 9.17) is 0 Å². The first kappa shape index (κ1) is 14.2. The van der Waals surface area contributed by atoms with Gasteiger partial charge in [-0.15, -0.1) is 0 Å². The Morgan fingerprint density at radius 2 is 1.96 bits per heavy atom. The van der Waals surface area contributed by atoms with Crippen molar-refractivity contribution in [3.05, 3.63) is 77.7 Å². The maximum atomic E-state index is 13.3. The van der Waals surface area contributed by atoms with Crippen LogP contribution in [0.5, 0.6) is 0 Å². The lowest BCUT2D eigenvalue weighted by molar-refractivity contribution is -0.186. The molecule has 3 aromatic rings. The van der Waals surface area contributed by atoms with E-state index in [9.17, 15) is 4.53 Å². The molecule has 2 atom stereocenters. The quantitative estimate of drug-likeness (QED) is 0.692. The van der Waals surface area contributed by atoms with Crippen molar-refractivity contribution in [2.75, 3.05) is 0 Å². The Kier molecular flexibility index (Phi) is 3.46. The summed E-state index contributed by atoms with van der Waals surface area (Å²) in [5.41, 5.74) is 5.36. The summed E-state index contributed by atoms with van der Waals surface area (Å²) in [6, 6.07) is 16.0. The molecule has 1 aliphatic heterocycles. The van der Waals surface area contributed by atoms with Gasteiger partial charge in [-0.3, -0.25) is 0 Å². The van der Waals surface area contributed by atoms with Gasteiger partial charge in [-0.1, -0.05) is 48.5 Å². The third kappa shape index (κ3) is 2.26. The summed E-state index contributed by atoms with van der Waals surface area (Å²) in [6.07, 6.45) is 3.61. The van der Waals surface area contributed by atoms with Gasteiger partial charge in [0.05, 0.1) is 24.3 Å². The average molecular weight is 308 g/mol. The molecule has 4 heteroatoms. The second-order valence-electron chi connectivity index (χ2n) is 5.96. The highest BCUT2D eigenvalue weighted by Gasteiger charge is 2.31. The summed E-state index contributed by atoms with van der Waals surface area (Å²) >= 11 is 0. The van der Waals surface area contributed by atoms with Gasteiger partial charge in [-0.2, -0.15) is 4.94 Å². The molecule has 0 amide bonds. The van der Waals surface area contributed by atoms with Crippen LogP contribution in [0.15, 0.2) is 61.1 Å². The highest BCUT2D eigenvalue weighted by atomic mass is 19.3. The summed E-state index contributed by atoms with van der Waals surface area (Å²) in [7, 11) is 0. The molecule has 0 bridgehead atoms. The lowest BCUT2D eigenvalue weighted by atomic mass is 9.94. The van der Waals surface area contributed by atoms with Crippen LogP contribution in [0, 0.1) is 6.92 Å². The first-order chi connectivity index (χ1) is 11.3. The Labute approximate surface area is 134 Å². The van der Waals surface area contributed by atoms with Crippen LogP contribution in [0.3, 0.4) is 0 Å². The van der Waals surface area contributed by atoms with Crippen LogP contribution in [0.2, 0.25) is 0 Å². The molecule has 0 spiro atoms. The number of aryl methyl sites for hydroxylation is 1. The molecular formula is C19H17FN2O. The molecule has 23 heavy (non-hydrogen) atoms. The summed E-state index contributed by atoms with van der Waals surface area (Å²) in [4.78, 5) is 8.60. The minimum absolute atomic E-state index is 0.0315. The predicted molar refractivity (Wildman–Crippen MR) is 86.5 cm³/mol. The summed E-state index contributed by atoms with van der Waals surface area (Å²) in [5.74, 6) is 0. The molecule has 3 nitrogen and oxygen atoms in total. The molecule has 1 aromatic heterocycles. The SMILES string of the molecule is Cc1ccccc1C(CC1c2ccccc2-c2cncn21)OF. The van der Waals surface area contributed by atoms with Crippen LogP contribution in [-0.2, 0) is 4.94 Å². The first-order valence-electron chi connectivity index (χ1n) is 7.73. The molecule has 0 N–H and O–H groups in total. The summed E-state index contributed by atoms with van der Waals surface area (Å²) < 4.78 is 15.4. The topological polar surface area (TPSA) is 27.1 Å². The number of hydrogen-bond donors (Lipinski definition) is 0. The van der Waals surface area contributed by atoms with Crippen molar-refractivity contribution >= 4 is 0 Å². The Morgan fingerprint density at radius 1 is 1.17 bits per heavy atom. The fourth-order valence-electron chi connectivity index (χ4n) is 3.53. The fourth-order valence-corrected chi connectivity index (χ4v) is 3.53. The van der Waals surface area contributed by atoms with Gasteiger partial charge >= 0.3 is 0 Å². The fraction of sp³-hybridized carbons (Fsp3) is 0.211. The number of imidazole rings is 1. The zero-order chi connectivity index (χ0) is 15.8. The van der Waals surface area contributed by atoms with E-state index in [1.807, 2.05) is 55.8 Å². The van der Waals surface area contributed by atoms with Crippen LogP contribution < -0.4 is 0 Å². The van der Waals surface area contributed by atoms with Crippen molar-refractivity contribution in [3.8, 4) is 11.3 Å². The maximum absolute atomic E-state index is 13.3. The molecule has 0 saturated heterocycles. The number of fused-ring (bicyclic) bond motifs is 3. The Bertz CT molecular complexity index is 843. The highest BCUT2D eigenvalue weighted by Crippen LogP contribution is 2.44. The van der Waals surface area contributed by atoms with Gasteiger partial charge in [0.2, 0.25) is 0 Å². The smallest absolute Gasteiger partial charge is 0.126 e. The Balaban J connectivity index is 1.73. The second-order valence-corrected chi connectivity index (χ2v) is 5.96. The largest absolute Gasteiger partial charge is 0.323 e. The monoisotopic (exact) mass is 308 g/mol. The van der Waals surface area contributed by atoms with Crippen molar-refractivity contribution in [2.24, 2.45) is 0 Å². The van der Waals surface area contributed by atoms with Crippen LogP contribution in [0.1, 0.15) is 35.3 Å². The van der Waals surface area contributed by atoms with Crippen molar-refractivity contribution in [1.29, 1.82) is 0 Å². The van der Waals surface area contributed by atoms with Gasteiger partial charge in [0.15, 0.2) is 0 Å². The van der Waals surface area contributed by atoms with Crippen molar-refractivity contribution in [3.63, 3.8) is 0 Å². The number of nitrogens with zero attached hydrogens (tertiary/aromatic N) is 2. The molecule has 0 aliphatic carbocycles. The zero-order valence-corrected chi connectivity index (χ0v) is 12.8. The predicted octanol–water partition coefficient (Wildman–Crippen LogP) is 4.79. The molecule has 2 aromatic carbocycles. The summed E-state index contributed by atoms with van der Waals surface area (Å²) in [6.45, 7) is 1.98. The van der Waals surface area contributed by atoms with Crippen LogP contribution in [-0.4, -0.2) is 9.55 Å². The van der Waals surface area contributed by atoms with E-state index < -0.39 is 6.10 Å². The minimum Gasteiger partial charge on any atom is -0.323 e. The van der Waals surface area contributed by atoms with E-state index in [-0.39, 0.29) is 6.04 Å². The molecule has 2 unspecified atom stereocenters. The lowest BCUT2D eigenvalue weighted by Gasteiger charge is -2.21. The zero-order valence-electron chi connectivity index (χ0n) is 12.8. The highest BCUT2D eigenvalue weighted by molar-refractivity contribution is 5.68. The molecule has 0 radical (unpaired) electrons. The Morgan fingerprint density at radius 3 is 2.78 bits per heavy atom. The Hall–Kier alpha value is -2.46. The van der Waals surface area contributed by atoms with E-state index in [0.29, 0.717) is 6.42 Å². The molecule has 1 aliphatic rings. The van der Waals surface area contributed by atoms with Crippen LogP contribution in [0.25, 0.3) is 11.3 Å². The molecule has 0 fully saturated rings. The summed E-state index contributed by atoms with van der Waals surface area (Å²) in [5, 5.41) is 0. The van der Waals surface area contributed by atoms with E-state index >= 15 is 0 Å². The third-order valence-electron chi connectivity index (χ3n) is 4.68. The normalized spacial score (nSPS) is 16.9. The second kappa shape index (κ2) is 5.63. The van der Waals surface area contributed by atoms with Crippen LogP contribution >= 0.6 is 0 Å². The van der Waals surface area contributed by atoms with Crippen molar-refractivity contribution in [1.82, 2.24) is 9.55 Å². The first-order valence-corrected chi connectivity index (χ1v) is 7.73. The maximum Gasteiger partial charge on any atom is 0.126 e. The van der Waals surface area contributed by atoms with Crippen LogP contribution in [0.4, 0.5) is 4.53 Å². The van der Waals surface area contributed by atoms with Gasteiger partial charge in [0.1, 0.15) is 6.10 Å². The molecule has 2 heterocycles. The molecule has 0 saturated carbocycles.